The predicted octanol–water partition coefficient (Wildman–Crippen LogP) is -4.11. The van der Waals surface area contributed by atoms with Gasteiger partial charge in [-0.1, -0.05) is 0 Å². The molecule has 0 aromatic rings. The first-order valence-corrected chi connectivity index (χ1v) is 15.7. The van der Waals surface area contributed by atoms with Crippen molar-refractivity contribution in [3.63, 3.8) is 0 Å². The number of hydrogen-bond acceptors (Lipinski definition) is 20. The summed E-state index contributed by atoms with van der Waals surface area (Å²) < 4.78 is 89.1. The fraction of sp³-hybridized carbons (Fsp3) is 0.760. The summed E-state index contributed by atoms with van der Waals surface area (Å²) in [6.45, 7) is 4.91. The smallest absolute Gasteiger partial charge is 0.726 e. The molecule has 0 bridgehead atoms. The van der Waals surface area contributed by atoms with Crippen LogP contribution in [0.25, 0.3) is 0 Å². The Balaban J connectivity index is 0.0000110. The molecule has 2 rings (SSSR count). The molecule has 0 amide bonds. The summed E-state index contributed by atoms with van der Waals surface area (Å²) in [7, 11) is -4.39. The summed E-state index contributed by atoms with van der Waals surface area (Å²) in [4.78, 5) is 71.9. The molecule has 2 aliphatic rings. The molecular weight excluding hydrogens is 801 g/mol. The summed E-state index contributed by atoms with van der Waals surface area (Å²) in [5.41, 5.74) is -1.55. The van der Waals surface area contributed by atoms with E-state index in [1.165, 1.54) is 0 Å². The molecule has 262 valence electrons. The summed E-state index contributed by atoms with van der Waals surface area (Å²) in [6.07, 6.45) is -12.6. The number of rotatable bonds is 13. The van der Waals surface area contributed by atoms with Gasteiger partial charge < -0.3 is 47.2 Å². The first-order chi connectivity index (χ1) is 21.3. The molecular formula is C25H35CsO19S2. The zero-order valence-electron chi connectivity index (χ0n) is 26.8. The van der Waals surface area contributed by atoms with Crippen LogP contribution in [0.4, 0.5) is 0 Å². The van der Waals surface area contributed by atoms with E-state index in [4.69, 9.17) is 46.8 Å². The Morgan fingerprint density at radius 1 is 0.638 bits per heavy atom. The van der Waals surface area contributed by atoms with E-state index in [1.54, 1.807) is 0 Å². The second kappa shape index (κ2) is 20.0. The largest absolute Gasteiger partial charge is 1.00 e. The SMILES string of the molecule is CO[C@@H]1O[C@H](COC(C)=O)[C@H](OS(=O)(=O)[O-])[C@@H](S[C@@H]2O[C@H](COC(C)=O)[C@@H](OC(C)=O)[C@H](OC(C)=O)[C@H]2OC(C)=O)[C@H]1OC(C)=O.[Cs+]. The zero-order chi connectivity index (χ0) is 34.9. The van der Waals surface area contributed by atoms with Crippen molar-refractivity contribution in [1.82, 2.24) is 0 Å². The van der Waals surface area contributed by atoms with Crippen molar-refractivity contribution < 1.29 is 157 Å². The summed E-state index contributed by atoms with van der Waals surface area (Å²) >= 11 is 0.560. The second-order valence-corrected chi connectivity index (χ2v) is 12.1. The molecule has 19 nitrogen and oxygen atoms in total. The molecule has 2 saturated heterocycles. The Hall–Kier alpha value is -1.03. The van der Waals surface area contributed by atoms with Crippen molar-refractivity contribution in [3.8, 4) is 0 Å². The number of methoxy groups -OCH3 is 1. The van der Waals surface area contributed by atoms with Crippen molar-refractivity contribution in [1.29, 1.82) is 0 Å². The fourth-order valence-electron chi connectivity index (χ4n) is 4.58. The molecule has 10 atom stereocenters. The number of hydrogen-bond donors (Lipinski definition) is 0. The van der Waals surface area contributed by atoms with Gasteiger partial charge in [0.05, 0.1) is 5.25 Å². The van der Waals surface area contributed by atoms with Gasteiger partial charge in [0.1, 0.15) is 37.0 Å². The molecule has 0 aromatic carbocycles. The van der Waals surface area contributed by atoms with E-state index in [-0.39, 0.29) is 68.9 Å². The number of carbonyl (C=O) groups is 6. The third-order valence-corrected chi connectivity index (χ3v) is 8.00. The first-order valence-electron chi connectivity index (χ1n) is 13.4. The van der Waals surface area contributed by atoms with Crippen LogP contribution < -0.4 is 68.9 Å². The normalized spacial score (nSPS) is 30.5. The fourth-order valence-corrected chi connectivity index (χ4v) is 6.77. The Kier molecular flexibility index (Phi) is 18.7. The second-order valence-electron chi connectivity index (χ2n) is 9.79. The molecule has 2 fully saturated rings. The van der Waals surface area contributed by atoms with Gasteiger partial charge in [-0.3, -0.25) is 33.0 Å². The standard InChI is InChI=1S/C25H36O19S2.Cs/c1-10(26)36-8-16-18(38-12(3)28)20(39-13(4)29)21(40-14(5)30)25(43-16)45-23-19(44-46(32,33)34)17(9-37-11(2)27)42-24(35-7)22(23)41-15(6)31;/h16-25H,8-9H2,1-7H3,(H,32,33,34);/q;+1/p-1/t16-,17-,18-,19+,20+,21-,22-,23-,24-,25+;/m1./s1. The molecule has 0 unspecified atom stereocenters. The van der Waals surface area contributed by atoms with Gasteiger partial charge in [-0.05, 0) is 0 Å². The van der Waals surface area contributed by atoms with Gasteiger partial charge in [0.2, 0.25) is 10.4 Å². The topological polar surface area (TPSA) is 252 Å². The predicted molar refractivity (Wildman–Crippen MR) is 146 cm³/mol. The van der Waals surface area contributed by atoms with Gasteiger partial charge in [-0.25, -0.2) is 8.42 Å². The molecule has 47 heavy (non-hydrogen) atoms. The number of esters is 6. The Morgan fingerprint density at radius 3 is 1.49 bits per heavy atom. The Bertz CT molecular complexity index is 1240. The van der Waals surface area contributed by atoms with Gasteiger partial charge in [0.25, 0.3) is 0 Å². The van der Waals surface area contributed by atoms with Crippen LogP contribution in [0.15, 0.2) is 0 Å². The molecule has 0 saturated carbocycles. The maximum absolute atomic E-state index is 12.3. The van der Waals surface area contributed by atoms with Crippen molar-refractivity contribution in [2.75, 3.05) is 20.3 Å². The third kappa shape index (κ3) is 14.4. The molecule has 0 spiro atoms. The van der Waals surface area contributed by atoms with E-state index in [0.717, 1.165) is 48.7 Å². The van der Waals surface area contributed by atoms with Crippen LogP contribution in [-0.4, -0.2) is 129 Å². The van der Waals surface area contributed by atoms with Crippen LogP contribution in [0.5, 0.6) is 0 Å². The van der Waals surface area contributed by atoms with E-state index in [9.17, 15) is 41.7 Å². The molecule has 0 N–H and O–H groups in total. The van der Waals surface area contributed by atoms with Gasteiger partial charge in [-0.15, -0.1) is 11.8 Å². The average Bonchev–Trinajstić information content (AvgIpc) is 2.90. The minimum Gasteiger partial charge on any atom is -0.726 e. The maximum Gasteiger partial charge on any atom is 1.00 e. The van der Waals surface area contributed by atoms with Crippen LogP contribution in [0.1, 0.15) is 41.5 Å². The van der Waals surface area contributed by atoms with Crippen molar-refractivity contribution in [3.05, 3.63) is 0 Å². The molecule has 22 heteroatoms. The van der Waals surface area contributed by atoms with Gasteiger partial charge in [0, 0.05) is 48.7 Å². The van der Waals surface area contributed by atoms with E-state index in [1.807, 2.05) is 0 Å². The van der Waals surface area contributed by atoms with Crippen molar-refractivity contribution in [2.45, 2.75) is 101 Å². The summed E-state index contributed by atoms with van der Waals surface area (Å²) in [6, 6.07) is 0. The molecule has 2 heterocycles. The van der Waals surface area contributed by atoms with Gasteiger partial charge in [-0.2, -0.15) is 0 Å². The minimum absolute atomic E-state index is 0. The van der Waals surface area contributed by atoms with Gasteiger partial charge in [0.15, 0.2) is 30.7 Å². The average molecular weight is 837 g/mol. The van der Waals surface area contributed by atoms with E-state index in [2.05, 4.69) is 0 Å². The summed E-state index contributed by atoms with van der Waals surface area (Å²) in [5.74, 6) is -5.23. The van der Waals surface area contributed by atoms with Crippen LogP contribution in [0.2, 0.25) is 0 Å². The van der Waals surface area contributed by atoms with Crippen LogP contribution in [-0.2, 0) is 86.0 Å². The quantitative estimate of drug-likeness (QED) is 0.0740. The molecule has 0 radical (unpaired) electrons. The maximum atomic E-state index is 12.3. The molecule has 0 aromatic heterocycles. The summed E-state index contributed by atoms with van der Waals surface area (Å²) in [5, 5.41) is -1.52. The van der Waals surface area contributed by atoms with Crippen LogP contribution in [0, 0.1) is 0 Å². The number of carbonyl (C=O) groups excluding carboxylic acids is 6. The van der Waals surface area contributed by atoms with E-state index in [0.29, 0.717) is 11.8 Å². The number of thioether (sulfide) groups is 1. The van der Waals surface area contributed by atoms with Crippen molar-refractivity contribution in [2.24, 2.45) is 0 Å². The minimum atomic E-state index is -5.53. The first kappa shape index (κ1) is 44.0. The van der Waals surface area contributed by atoms with Crippen LogP contribution in [0.3, 0.4) is 0 Å². The Labute approximate surface area is 333 Å². The third-order valence-electron chi connectivity index (χ3n) is 6.04. The Morgan fingerprint density at radius 2 is 1.06 bits per heavy atom. The van der Waals surface area contributed by atoms with Crippen LogP contribution >= 0.6 is 11.8 Å². The van der Waals surface area contributed by atoms with Gasteiger partial charge >= 0.3 is 105 Å². The molecule has 0 aliphatic carbocycles. The van der Waals surface area contributed by atoms with E-state index < -0.39 is 119 Å². The zero-order valence-corrected chi connectivity index (χ0v) is 34.7. The number of ether oxygens (including phenoxy) is 9. The van der Waals surface area contributed by atoms with E-state index >= 15 is 0 Å². The van der Waals surface area contributed by atoms with Crippen molar-refractivity contribution >= 4 is 58.0 Å². The monoisotopic (exact) mass is 836 g/mol. The molecule has 2 aliphatic heterocycles.